The van der Waals surface area contributed by atoms with Crippen LogP contribution in [0.1, 0.15) is 38.5 Å². The van der Waals surface area contributed by atoms with Crippen LogP contribution < -0.4 is 11.1 Å². The average Bonchev–Trinajstić information content (AvgIpc) is 3.34. The number of likely N-dealkylation sites (tertiary alicyclic amines) is 1. The van der Waals surface area contributed by atoms with Crippen molar-refractivity contribution in [1.82, 2.24) is 10.2 Å². The van der Waals surface area contributed by atoms with Crippen LogP contribution in [0.5, 0.6) is 0 Å². The topological polar surface area (TPSA) is 153 Å². The van der Waals surface area contributed by atoms with E-state index in [0.29, 0.717) is 12.8 Å². The third-order valence-electron chi connectivity index (χ3n) is 5.20. The summed E-state index contributed by atoms with van der Waals surface area (Å²) in [5, 5.41) is 31.9. The molecule has 0 spiro atoms. The second-order valence-electron chi connectivity index (χ2n) is 7.08. The van der Waals surface area contributed by atoms with Gasteiger partial charge in [0.25, 0.3) is 0 Å². The molecular formula is C18H27N3O6. The highest BCUT2D eigenvalue weighted by atomic mass is 16.4. The minimum absolute atomic E-state index is 0.112. The number of carbonyl (C=O) groups is 3. The Labute approximate surface area is 157 Å². The van der Waals surface area contributed by atoms with Gasteiger partial charge in [0, 0.05) is 25.8 Å². The van der Waals surface area contributed by atoms with E-state index in [1.54, 1.807) is 0 Å². The number of terminal acetylenes is 1. The highest BCUT2D eigenvalue weighted by molar-refractivity contribution is 5.91. The number of aliphatic carboxylic acids is 1. The molecule has 6 atom stereocenters. The number of rotatable bonds is 9. The number of aliphatic hydroxyl groups is 2. The molecule has 2 aliphatic rings. The number of aliphatic hydroxyl groups excluding tert-OH is 2. The van der Waals surface area contributed by atoms with Crippen molar-refractivity contribution >= 4 is 17.8 Å². The van der Waals surface area contributed by atoms with E-state index in [1.807, 2.05) is 0 Å². The van der Waals surface area contributed by atoms with E-state index in [2.05, 4.69) is 11.2 Å². The molecule has 1 aliphatic heterocycles. The first-order valence-corrected chi connectivity index (χ1v) is 9.17. The molecule has 1 saturated heterocycles. The largest absolute Gasteiger partial charge is 0.481 e. The maximum absolute atomic E-state index is 12.7. The Hall–Kier alpha value is -2.15. The Balaban J connectivity index is 1.92. The molecule has 0 aromatic carbocycles. The molecule has 0 radical (unpaired) electrons. The van der Waals surface area contributed by atoms with Gasteiger partial charge < -0.3 is 31.3 Å². The second-order valence-corrected chi connectivity index (χ2v) is 7.08. The summed E-state index contributed by atoms with van der Waals surface area (Å²) in [7, 11) is 0. The van der Waals surface area contributed by atoms with E-state index < -0.39 is 48.1 Å². The highest BCUT2D eigenvalue weighted by Crippen LogP contribution is 2.44. The molecule has 2 amide bonds. The number of hydrogen-bond acceptors (Lipinski definition) is 6. The molecule has 2 fully saturated rings. The Morgan fingerprint density at radius 2 is 1.89 bits per heavy atom. The number of amides is 2. The summed E-state index contributed by atoms with van der Waals surface area (Å²) in [6, 6.07) is -2.45. The smallest absolute Gasteiger partial charge is 0.311 e. The zero-order chi connectivity index (χ0) is 20.1. The molecule has 1 saturated carbocycles. The van der Waals surface area contributed by atoms with E-state index in [4.69, 9.17) is 12.2 Å². The number of hydrogen-bond donors (Lipinski definition) is 5. The SMILES string of the molecule is C#CCCCCCC(=O)NC(CN)C(=O)N1C2C(O)CC(O)C(C(=O)O)C21. The van der Waals surface area contributed by atoms with Gasteiger partial charge in [0.2, 0.25) is 11.8 Å². The fraction of sp³-hybridized carbons (Fsp3) is 0.722. The lowest BCUT2D eigenvalue weighted by molar-refractivity contribution is -0.148. The molecule has 1 aliphatic carbocycles. The first-order chi connectivity index (χ1) is 12.8. The first kappa shape index (κ1) is 21.2. The van der Waals surface area contributed by atoms with Crippen LogP contribution in [-0.2, 0) is 14.4 Å². The van der Waals surface area contributed by atoms with Crippen molar-refractivity contribution in [2.24, 2.45) is 11.7 Å². The Morgan fingerprint density at radius 1 is 1.19 bits per heavy atom. The van der Waals surface area contributed by atoms with Gasteiger partial charge in [0.1, 0.15) is 12.0 Å². The Morgan fingerprint density at radius 3 is 2.48 bits per heavy atom. The van der Waals surface area contributed by atoms with Gasteiger partial charge in [-0.2, -0.15) is 0 Å². The number of unbranched alkanes of at least 4 members (excludes halogenated alkanes) is 3. The predicted octanol–water partition coefficient (Wildman–Crippen LogP) is -1.58. The van der Waals surface area contributed by atoms with Crippen LogP contribution in [-0.4, -0.2) is 74.9 Å². The standard InChI is InChI=1S/C18H27N3O6/c1-2-3-4-5-6-7-13(24)20-10(9-19)17(25)21-15-12(23)8-11(22)14(16(15)21)18(26)27/h1,10-12,14-16,22-23H,3-9,19H2,(H,20,24)(H,26,27). The fourth-order valence-electron chi connectivity index (χ4n) is 3.79. The third kappa shape index (κ3) is 4.77. The van der Waals surface area contributed by atoms with E-state index in [-0.39, 0.29) is 25.3 Å². The van der Waals surface area contributed by atoms with E-state index in [9.17, 15) is 29.7 Å². The zero-order valence-electron chi connectivity index (χ0n) is 15.1. The molecule has 6 N–H and O–H groups in total. The number of nitrogens with one attached hydrogen (secondary N) is 1. The van der Waals surface area contributed by atoms with Gasteiger partial charge in [-0.15, -0.1) is 12.3 Å². The Bertz CT molecular complexity index is 619. The normalized spacial score (nSPS) is 30.0. The summed E-state index contributed by atoms with van der Waals surface area (Å²) in [6.45, 7) is -0.145. The quantitative estimate of drug-likeness (QED) is 0.183. The molecule has 9 nitrogen and oxygen atoms in total. The van der Waals surface area contributed by atoms with E-state index in [0.717, 1.165) is 12.8 Å². The van der Waals surface area contributed by atoms with E-state index in [1.165, 1.54) is 4.90 Å². The van der Waals surface area contributed by atoms with Crippen LogP contribution in [0.3, 0.4) is 0 Å². The van der Waals surface area contributed by atoms with Crippen molar-refractivity contribution in [3.8, 4) is 12.3 Å². The van der Waals surface area contributed by atoms with Crippen molar-refractivity contribution < 1.29 is 29.7 Å². The molecule has 1 heterocycles. The van der Waals surface area contributed by atoms with Gasteiger partial charge >= 0.3 is 5.97 Å². The van der Waals surface area contributed by atoms with Crippen molar-refractivity contribution in [2.75, 3.05) is 6.54 Å². The molecule has 0 aromatic heterocycles. The molecule has 27 heavy (non-hydrogen) atoms. The van der Waals surface area contributed by atoms with Gasteiger partial charge in [-0.25, -0.2) is 0 Å². The summed E-state index contributed by atoms with van der Waals surface area (Å²) in [5.41, 5.74) is 5.62. The summed E-state index contributed by atoms with van der Waals surface area (Å²) in [5.74, 6) is -0.709. The molecule has 0 bridgehead atoms. The first-order valence-electron chi connectivity index (χ1n) is 9.17. The van der Waals surface area contributed by atoms with Gasteiger partial charge in [0.05, 0.1) is 24.3 Å². The van der Waals surface area contributed by atoms with Crippen molar-refractivity contribution in [2.45, 2.75) is 68.9 Å². The average molecular weight is 381 g/mol. The minimum atomic E-state index is -1.23. The van der Waals surface area contributed by atoms with Gasteiger partial charge in [-0.3, -0.25) is 14.4 Å². The van der Waals surface area contributed by atoms with Gasteiger partial charge in [-0.1, -0.05) is 6.42 Å². The summed E-state index contributed by atoms with van der Waals surface area (Å²) in [4.78, 5) is 37.4. The number of nitrogens with zero attached hydrogens (tertiary/aromatic N) is 1. The van der Waals surface area contributed by atoms with Gasteiger partial charge in [-0.05, 0) is 12.8 Å². The van der Waals surface area contributed by atoms with Crippen molar-refractivity contribution in [1.29, 1.82) is 0 Å². The van der Waals surface area contributed by atoms with Crippen molar-refractivity contribution in [3.63, 3.8) is 0 Å². The molecular weight excluding hydrogens is 354 g/mol. The molecule has 6 unspecified atom stereocenters. The number of carbonyl (C=O) groups excluding carboxylic acids is 2. The molecule has 150 valence electrons. The monoisotopic (exact) mass is 381 g/mol. The van der Waals surface area contributed by atoms with Crippen LogP contribution in [0.2, 0.25) is 0 Å². The highest BCUT2D eigenvalue weighted by Gasteiger charge is 2.65. The maximum Gasteiger partial charge on any atom is 0.311 e. The number of fused-ring (bicyclic) bond motifs is 1. The summed E-state index contributed by atoms with van der Waals surface area (Å²) in [6.07, 6.45) is 5.98. The third-order valence-corrected chi connectivity index (χ3v) is 5.20. The lowest BCUT2D eigenvalue weighted by atomic mass is 9.85. The summed E-state index contributed by atoms with van der Waals surface area (Å²) < 4.78 is 0. The maximum atomic E-state index is 12.7. The van der Waals surface area contributed by atoms with E-state index >= 15 is 0 Å². The lowest BCUT2D eigenvalue weighted by Crippen LogP contribution is -2.49. The van der Waals surface area contributed by atoms with Crippen LogP contribution >= 0.6 is 0 Å². The van der Waals surface area contributed by atoms with Gasteiger partial charge in [0.15, 0.2) is 0 Å². The minimum Gasteiger partial charge on any atom is -0.481 e. The van der Waals surface area contributed by atoms with Crippen LogP contribution in [0, 0.1) is 18.3 Å². The molecule has 9 heteroatoms. The van der Waals surface area contributed by atoms with Crippen LogP contribution in [0.15, 0.2) is 0 Å². The van der Waals surface area contributed by atoms with Crippen molar-refractivity contribution in [3.05, 3.63) is 0 Å². The second kappa shape index (κ2) is 9.17. The lowest BCUT2D eigenvalue weighted by Gasteiger charge is -2.24. The predicted molar refractivity (Wildman–Crippen MR) is 95.1 cm³/mol. The van der Waals surface area contributed by atoms with Crippen LogP contribution in [0.4, 0.5) is 0 Å². The fourth-order valence-corrected chi connectivity index (χ4v) is 3.79. The zero-order valence-corrected chi connectivity index (χ0v) is 15.1. The van der Waals surface area contributed by atoms with Crippen LogP contribution in [0.25, 0.3) is 0 Å². The number of carboxylic acid groups (broad SMARTS) is 1. The molecule has 0 aromatic rings. The Kier molecular flexibility index (Phi) is 7.18. The molecule has 2 rings (SSSR count). The summed E-state index contributed by atoms with van der Waals surface area (Å²) >= 11 is 0. The number of carboxylic acids is 1. The number of nitrogens with two attached hydrogens (primary N) is 1.